The summed E-state index contributed by atoms with van der Waals surface area (Å²) in [6.45, 7) is 0.378. The Labute approximate surface area is 157 Å². The van der Waals surface area contributed by atoms with Crippen molar-refractivity contribution in [3.63, 3.8) is 0 Å². The van der Waals surface area contributed by atoms with Crippen LogP contribution in [0.4, 0.5) is 15.8 Å². The Morgan fingerprint density at radius 2 is 2.08 bits per heavy atom. The van der Waals surface area contributed by atoms with Crippen LogP contribution in [0.3, 0.4) is 0 Å². The zero-order chi connectivity index (χ0) is 17.6. The molecule has 0 bridgehead atoms. The van der Waals surface area contributed by atoms with Crippen LogP contribution in [-0.4, -0.2) is 24.4 Å². The number of para-hydroxylation sites is 1. The van der Waals surface area contributed by atoms with Crippen molar-refractivity contribution in [2.75, 3.05) is 17.2 Å². The monoisotopic (exact) mass is 451 g/mol. The molecular weight excluding hydrogens is 436 g/mol. The number of halogens is 2. The van der Waals surface area contributed by atoms with Crippen LogP contribution in [-0.2, 0) is 15.0 Å². The average molecular weight is 451 g/mol. The van der Waals surface area contributed by atoms with Gasteiger partial charge in [0.2, 0.25) is 11.8 Å². The van der Waals surface area contributed by atoms with Crippen LogP contribution < -0.4 is 16.0 Å². The number of carbonyl (C=O) groups is 2. The number of fused-ring (bicyclic) bond motifs is 2. The minimum absolute atomic E-state index is 0.100. The number of carbonyl (C=O) groups excluding carboxylic acids is 2. The molecule has 2 aliphatic rings. The SMILES string of the molecule is O=C(Nc1ccc(I)cc1F)C1CC2(CN1)C(=O)Nc1ccccc12. The van der Waals surface area contributed by atoms with Gasteiger partial charge in [0, 0.05) is 15.8 Å². The van der Waals surface area contributed by atoms with E-state index in [1.54, 1.807) is 6.07 Å². The number of hydrogen-bond acceptors (Lipinski definition) is 3. The van der Waals surface area contributed by atoms with Crippen LogP contribution in [0.5, 0.6) is 0 Å². The number of anilines is 2. The molecule has 1 saturated heterocycles. The summed E-state index contributed by atoms with van der Waals surface area (Å²) in [5.41, 5.74) is 1.09. The molecule has 4 rings (SSSR count). The van der Waals surface area contributed by atoms with Crippen molar-refractivity contribution in [2.45, 2.75) is 17.9 Å². The van der Waals surface area contributed by atoms with Crippen LogP contribution in [0.2, 0.25) is 0 Å². The number of benzene rings is 2. The maximum absolute atomic E-state index is 13.9. The second-order valence-electron chi connectivity index (χ2n) is 6.33. The first-order valence-electron chi connectivity index (χ1n) is 7.90. The van der Waals surface area contributed by atoms with Gasteiger partial charge >= 0.3 is 0 Å². The summed E-state index contributed by atoms with van der Waals surface area (Å²) in [5.74, 6) is -0.914. The average Bonchev–Trinajstić information content (AvgIpc) is 3.15. The summed E-state index contributed by atoms with van der Waals surface area (Å²) < 4.78 is 14.7. The number of nitrogens with one attached hydrogen (secondary N) is 3. The second kappa shape index (κ2) is 6.06. The molecule has 25 heavy (non-hydrogen) atoms. The van der Waals surface area contributed by atoms with E-state index in [4.69, 9.17) is 0 Å². The van der Waals surface area contributed by atoms with Crippen molar-refractivity contribution in [1.82, 2.24) is 5.32 Å². The second-order valence-corrected chi connectivity index (χ2v) is 7.58. The Kier molecular flexibility index (Phi) is 3.99. The van der Waals surface area contributed by atoms with Crippen molar-refractivity contribution in [3.05, 3.63) is 57.4 Å². The largest absolute Gasteiger partial charge is 0.325 e. The van der Waals surface area contributed by atoms with E-state index in [0.717, 1.165) is 14.8 Å². The van der Waals surface area contributed by atoms with Crippen molar-refractivity contribution >= 4 is 45.8 Å². The lowest BCUT2D eigenvalue weighted by atomic mass is 9.79. The lowest BCUT2D eigenvalue weighted by molar-refractivity contribution is -0.120. The first-order valence-corrected chi connectivity index (χ1v) is 8.98. The van der Waals surface area contributed by atoms with E-state index >= 15 is 0 Å². The number of rotatable bonds is 2. The first-order chi connectivity index (χ1) is 12.0. The highest BCUT2D eigenvalue weighted by Gasteiger charge is 2.52. The Morgan fingerprint density at radius 1 is 1.28 bits per heavy atom. The maximum Gasteiger partial charge on any atom is 0.241 e. The number of amides is 2. The highest BCUT2D eigenvalue weighted by molar-refractivity contribution is 14.1. The highest BCUT2D eigenvalue weighted by atomic mass is 127. The molecule has 2 amide bonds. The smallest absolute Gasteiger partial charge is 0.241 e. The van der Waals surface area contributed by atoms with Crippen molar-refractivity contribution in [1.29, 1.82) is 0 Å². The molecule has 5 nitrogen and oxygen atoms in total. The minimum atomic E-state index is -0.747. The molecule has 1 spiro atoms. The number of hydrogen-bond donors (Lipinski definition) is 3. The molecule has 2 unspecified atom stereocenters. The molecule has 0 aromatic heterocycles. The fraction of sp³-hybridized carbons (Fsp3) is 0.222. The predicted octanol–water partition coefficient (Wildman–Crippen LogP) is 2.62. The highest BCUT2D eigenvalue weighted by Crippen LogP contribution is 2.43. The fourth-order valence-corrected chi connectivity index (χ4v) is 3.99. The summed E-state index contributed by atoms with van der Waals surface area (Å²) in [4.78, 5) is 25.1. The zero-order valence-corrected chi connectivity index (χ0v) is 15.3. The van der Waals surface area contributed by atoms with Gasteiger partial charge in [-0.3, -0.25) is 9.59 Å². The standard InChI is InChI=1S/C18H15FIN3O2/c19-12-7-10(20)5-6-14(12)22-16(24)15-8-18(9-21-15)11-3-1-2-4-13(11)23-17(18)25/h1-7,15,21H,8-9H2,(H,22,24)(H,23,25). The van der Waals surface area contributed by atoms with Crippen LogP contribution in [0.1, 0.15) is 12.0 Å². The molecule has 7 heteroatoms. The van der Waals surface area contributed by atoms with Gasteiger partial charge in [0.1, 0.15) is 5.82 Å². The molecule has 0 saturated carbocycles. The molecule has 2 heterocycles. The van der Waals surface area contributed by atoms with Crippen LogP contribution in [0, 0.1) is 9.39 Å². The summed E-state index contributed by atoms with van der Waals surface area (Å²) in [6.07, 6.45) is 0.341. The lowest BCUT2D eigenvalue weighted by Gasteiger charge is -2.20. The Balaban J connectivity index is 1.55. The molecule has 1 fully saturated rings. The van der Waals surface area contributed by atoms with Gasteiger partial charge in [-0.15, -0.1) is 0 Å². The Morgan fingerprint density at radius 3 is 2.88 bits per heavy atom. The molecule has 0 aliphatic carbocycles. The third-order valence-electron chi connectivity index (χ3n) is 4.83. The van der Waals surface area contributed by atoms with Gasteiger partial charge < -0.3 is 16.0 Å². The van der Waals surface area contributed by atoms with Gasteiger partial charge in [-0.1, -0.05) is 18.2 Å². The third-order valence-corrected chi connectivity index (χ3v) is 5.50. The Bertz CT molecular complexity index is 888. The van der Waals surface area contributed by atoms with Gasteiger partial charge in [0.05, 0.1) is 17.1 Å². The van der Waals surface area contributed by atoms with Crippen molar-refractivity contribution in [3.8, 4) is 0 Å². The lowest BCUT2D eigenvalue weighted by Crippen LogP contribution is -2.36. The normalized spacial score (nSPS) is 24.2. The first kappa shape index (κ1) is 16.5. The van der Waals surface area contributed by atoms with Gasteiger partial charge in [0.25, 0.3) is 0 Å². The predicted molar refractivity (Wildman–Crippen MR) is 101 cm³/mol. The summed E-state index contributed by atoms with van der Waals surface area (Å²) in [5, 5.41) is 8.61. The quantitative estimate of drug-likeness (QED) is 0.616. The Hall–Kier alpha value is -2.00. The van der Waals surface area contributed by atoms with Crippen LogP contribution in [0.15, 0.2) is 42.5 Å². The summed E-state index contributed by atoms with van der Waals surface area (Å²) in [6, 6.07) is 11.6. The zero-order valence-electron chi connectivity index (χ0n) is 13.1. The van der Waals surface area contributed by atoms with E-state index in [9.17, 15) is 14.0 Å². The van der Waals surface area contributed by atoms with Gasteiger partial charge in [-0.25, -0.2) is 4.39 Å². The molecule has 3 N–H and O–H groups in total. The molecular formula is C18H15FIN3O2. The maximum atomic E-state index is 13.9. The molecule has 128 valence electrons. The fourth-order valence-electron chi connectivity index (χ4n) is 3.54. The molecule has 2 atom stereocenters. The van der Waals surface area contributed by atoms with Crippen LogP contribution >= 0.6 is 22.6 Å². The molecule has 2 aromatic rings. The van der Waals surface area contributed by atoms with E-state index in [0.29, 0.717) is 13.0 Å². The van der Waals surface area contributed by atoms with E-state index < -0.39 is 17.3 Å². The van der Waals surface area contributed by atoms with Gasteiger partial charge in [-0.2, -0.15) is 0 Å². The van der Waals surface area contributed by atoms with Gasteiger partial charge in [0.15, 0.2) is 0 Å². The summed E-state index contributed by atoms with van der Waals surface area (Å²) in [7, 11) is 0. The van der Waals surface area contributed by atoms with E-state index in [2.05, 4.69) is 16.0 Å². The summed E-state index contributed by atoms with van der Waals surface area (Å²) >= 11 is 2.01. The van der Waals surface area contributed by atoms with Crippen molar-refractivity contribution in [2.24, 2.45) is 0 Å². The van der Waals surface area contributed by atoms with E-state index in [1.807, 2.05) is 46.9 Å². The van der Waals surface area contributed by atoms with Gasteiger partial charge in [-0.05, 0) is 58.8 Å². The minimum Gasteiger partial charge on any atom is -0.325 e. The van der Waals surface area contributed by atoms with Crippen LogP contribution in [0.25, 0.3) is 0 Å². The van der Waals surface area contributed by atoms with E-state index in [1.165, 1.54) is 12.1 Å². The third kappa shape index (κ3) is 2.71. The van der Waals surface area contributed by atoms with E-state index in [-0.39, 0.29) is 17.5 Å². The topological polar surface area (TPSA) is 70.2 Å². The molecule has 2 aromatic carbocycles. The molecule has 0 radical (unpaired) electrons. The van der Waals surface area contributed by atoms with Crippen molar-refractivity contribution < 1.29 is 14.0 Å². The molecule has 2 aliphatic heterocycles.